The van der Waals surface area contributed by atoms with Gasteiger partial charge in [-0.05, 0) is 49.8 Å². The van der Waals surface area contributed by atoms with Gasteiger partial charge in [0, 0.05) is 45.1 Å². The summed E-state index contributed by atoms with van der Waals surface area (Å²) in [6.45, 7) is 5.54. The number of carbonyl (C=O) groups excluding carboxylic acids is 1. The molecule has 0 aliphatic carbocycles. The van der Waals surface area contributed by atoms with Crippen LogP contribution in [-0.4, -0.2) is 79.8 Å². The molecule has 42 heavy (non-hydrogen) atoms. The molecule has 0 saturated carbocycles. The minimum atomic E-state index is -4.25. The molecule has 11 nitrogen and oxygen atoms in total. The van der Waals surface area contributed by atoms with Crippen molar-refractivity contribution in [2.45, 2.75) is 68.1 Å². The van der Waals surface area contributed by atoms with Crippen LogP contribution in [0.3, 0.4) is 0 Å². The third-order valence-corrected chi connectivity index (χ3v) is 12.7. The molecule has 2 aromatic carbocycles. The summed E-state index contributed by atoms with van der Waals surface area (Å²) in [6, 6.07) is 13.2. The molecule has 2 aliphatic heterocycles. The first-order valence-electron chi connectivity index (χ1n) is 14.1. The molecular formula is C29H41N3O8S2. The summed E-state index contributed by atoms with van der Waals surface area (Å²) in [4.78, 5) is 12.4. The highest BCUT2D eigenvalue weighted by Gasteiger charge is 2.58. The SMILES string of the molecule is CC(C)CN(CC[C@](O)(Cc1ccccc1)C(C)(CC(N)=O)S(=O)(=O)N1CCCC1)S(=O)(=O)c1ccc2c(c1)OCO2. The van der Waals surface area contributed by atoms with E-state index in [0.717, 1.165) is 0 Å². The van der Waals surface area contributed by atoms with Crippen LogP contribution >= 0.6 is 0 Å². The molecular weight excluding hydrogens is 582 g/mol. The number of hydrogen-bond acceptors (Lipinski definition) is 8. The Hall–Kier alpha value is -2.71. The fraction of sp³-hybridized carbons (Fsp3) is 0.552. The molecule has 2 atom stereocenters. The Morgan fingerprint density at radius 1 is 1.05 bits per heavy atom. The minimum Gasteiger partial charge on any atom is -0.454 e. The number of ether oxygens (including phenoxy) is 2. The number of amides is 1. The number of hydrogen-bond donors (Lipinski definition) is 2. The highest BCUT2D eigenvalue weighted by atomic mass is 32.2. The summed E-state index contributed by atoms with van der Waals surface area (Å²) >= 11 is 0. The summed E-state index contributed by atoms with van der Waals surface area (Å²) in [7, 11) is -8.35. The quantitative estimate of drug-likeness (QED) is 0.325. The monoisotopic (exact) mass is 623 g/mol. The zero-order valence-electron chi connectivity index (χ0n) is 24.4. The minimum absolute atomic E-state index is 0.00893. The Labute approximate surface area is 248 Å². The van der Waals surface area contributed by atoms with Crippen LogP contribution in [0.4, 0.5) is 0 Å². The van der Waals surface area contributed by atoms with Crippen LogP contribution in [0.5, 0.6) is 11.5 Å². The molecule has 1 saturated heterocycles. The second-order valence-electron chi connectivity index (χ2n) is 11.7. The lowest BCUT2D eigenvalue weighted by atomic mass is 9.78. The van der Waals surface area contributed by atoms with Gasteiger partial charge in [0.1, 0.15) is 4.75 Å². The molecule has 232 valence electrons. The zero-order chi connectivity index (χ0) is 30.8. The maximum Gasteiger partial charge on any atom is 0.243 e. The van der Waals surface area contributed by atoms with Crippen molar-refractivity contribution in [3.63, 3.8) is 0 Å². The van der Waals surface area contributed by atoms with Gasteiger partial charge in [-0.3, -0.25) is 4.79 Å². The van der Waals surface area contributed by atoms with Crippen molar-refractivity contribution in [2.24, 2.45) is 11.7 Å². The molecule has 0 bridgehead atoms. The number of rotatable bonds is 14. The molecule has 13 heteroatoms. The third kappa shape index (κ3) is 6.45. The van der Waals surface area contributed by atoms with E-state index in [-0.39, 0.29) is 56.6 Å². The van der Waals surface area contributed by atoms with Gasteiger partial charge >= 0.3 is 0 Å². The molecule has 0 aromatic heterocycles. The van der Waals surface area contributed by atoms with E-state index in [4.69, 9.17) is 15.2 Å². The second-order valence-corrected chi connectivity index (χ2v) is 16.0. The molecule has 2 aliphatic rings. The molecule has 2 heterocycles. The molecule has 2 aromatic rings. The smallest absolute Gasteiger partial charge is 0.243 e. The van der Waals surface area contributed by atoms with Gasteiger partial charge in [0.15, 0.2) is 11.5 Å². The molecule has 0 spiro atoms. The highest BCUT2D eigenvalue weighted by molar-refractivity contribution is 7.90. The van der Waals surface area contributed by atoms with Crippen LogP contribution in [0, 0.1) is 5.92 Å². The molecule has 4 rings (SSSR count). The first kappa shape index (κ1) is 32.2. The van der Waals surface area contributed by atoms with Gasteiger partial charge in [0.2, 0.25) is 32.7 Å². The van der Waals surface area contributed by atoms with Gasteiger partial charge in [-0.2, -0.15) is 4.31 Å². The van der Waals surface area contributed by atoms with E-state index in [2.05, 4.69) is 0 Å². The first-order valence-corrected chi connectivity index (χ1v) is 17.0. The van der Waals surface area contributed by atoms with E-state index in [9.17, 15) is 26.7 Å². The topological polar surface area (TPSA) is 157 Å². The predicted molar refractivity (Wildman–Crippen MR) is 158 cm³/mol. The molecule has 3 N–H and O–H groups in total. The predicted octanol–water partition coefficient (Wildman–Crippen LogP) is 2.49. The van der Waals surface area contributed by atoms with Crippen molar-refractivity contribution in [3.05, 3.63) is 54.1 Å². The Morgan fingerprint density at radius 2 is 1.69 bits per heavy atom. The number of aliphatic hydroxyl groups is 1. The maximum atomic E-state index is 14.2. The summed E-state index contributed by atoms with van der Waals surface area (Å²) in [5.41, 5.74) is 4.19. The van der Waals surface area contributed by atoms with Crippen LogP contribution in [0.2, 0.25) is 0 Å². The Balaban J connectivity index is 1.76. The van der Waals surface area contributed by atoms with Gasteiger partial charge in [-0.15, -0.1) is 0 Å². The fourth-order valence-electron chi connectivity index (χ4n) is 5.73. The summed E-state index contributed by atoms with van der Waals surface area (Å²) < 4.78 is 67.4. The molecule has 1 unspecified atom stereocenters. The fourth-order valence-corrected chi connectivity index (χ4v) is 9.64. The van der Waals surface area contributed by atoms with Gasteiger partial charge in [0.05, 0.1) is 10.5 Å². The Morgan fingerprint density at radius 3 is 2.31 bits per heavy atom. The van der Waals surface area contributed by atoms with E-state index in [1.54, 1.807) is 30.3 Å². The van der Waals surface area contributed by atoms with E-state index in [0.29, 0.717) is 29.9 Å². The first-order chi connectivity index (χ1) is 19.7. The van der Waals surface area contributed by atoms with E-state index in [1.807, 2.05) is 13.8 Å². The van der Waals surface area contributed by atoms with E-state index < -0.39 is 42.7 Å². The number of primary amides is 1. The van der Waals surface area contributed by atoms with Crippen molar-refractivity contribution in [3.8, 4) is 11.5 Å². The van der Waals surface area contributed by atoms with Gasteiger partial charge in [-0.25, -0.2) is 21.1 Å². The normalized spacial score (nSPS) is 18.7. The van der Waals surface area contributed by atoms with Crippen LogP contribution in [0.25, 0.3) is 0 Å². The number of benzene rings is 2. The summed E-state index contributed by atoms with van der Waals surface area (Å²) in [5.74, 6) is -0.206. The van der Waals surface area contributed by atoms with Gasteiger partial charge < -0.3 is 20.3 Å². The van der Waals surface area contributed by atoms with E-state index >= 15 is 0 Å². The average Bonchev–Trinajstić information content (AvgIpc) is 3.63. The van der Waals surface area contributed by atoms with Crippen LogP contribution < -0.4 is 15.2 Å². The van der Waals surface area contributed by atoms with Crippen molar-refractivity contribution >= 4 is 26.0 Å². The lowest BCUT2D eigenvalue weighted by molar-refractivity contribution is -0.121. The number of sulfonamides is 2. The summed E-state index contributed by atoms with van der Waals surface area (Å²) in [6.07, 6.45) is 0.297. The Bertz CT molecular complexity index is 1480. The highest BCUT2D eigenvalue weighted by Crippen LogP contribution is 2.42. The number of nitrogens with zero attached hydrogens (tertiary/aromatic N) is 2. The van der Waals surface area contributed by atoms with Crippen molar-refractivity contribution in [1.29, 1.82) is 0 Å². The molecule has 1 fully saturated rings. The van der Waals surface area contributed by atoms with Gasteiger partial charge in [-0.1, -0.05) is 44.2 Å². The lowest BCUT2D eigenvalue weighted by Crippen LogP contribution is -2.64. The third-order valence-electron chi connectivity index (χ3n) is 8.14. The summed E-state index contributed by atoms with van der Waals surface area (Å²) in [5, 5.41) is 12.5. The molecule has 1 amide bonds. The van der Waals surface area contributed by atoms with Crippen molar-refractivity contribution in [1.82, 2.24) is 8.61 Å². The largest absolute Gasteiger partial charge is 0.454 e. The standard InChI is InChI=1S/C29H41N3O8S2/c1-22(2)20-32(41(35,36)24-11-12-25-26(17-24)40-21-39-25)16-13-29(34,18-23-9-5-4-6-10-23)28(3,19-27(30)33)42(37,38)31-14-7-8-15-31/h4-6,9-12,17,22,34H,7-8,13-16,18-21H2,1-3H3,(H2,30,33)/t28?,29-/m0/s1. The Kier molecular flexibility index (Phi) is 9.58. The lowest BCUT2D eigenvalue weighted by Gasteiger charge is -2.46. The van der Waals surface area contributed by atoms with E-state index in [1.165, 1.54) is 33.7 Å². The molecule has 0 radical (unpaired) electrons. The zero-order valence-corrected chi connectivity index (χ0v) is 26.0. The second kappa shape index (κ2) is 12.5. The van der Waals surface area contributed by atoms with Crippen LogP contribution in [0.1, 0.15) is 52.0 Å². The maximum absolute atomic E-state index is 14.2. The van der Waals surface area contributed by atoms with Crippen LogP contribution in [-0.2, 0) is 31.3 Å². The number of nitrogens with two attached hydrogens (primary N) is 1. The van der Waals surface area contributed by atoms with Crippen molar-refractivity contribution < 1.29 is 36.2 Å². The number of fused-ring (bicyclic) bond motifs is 1. The van der Waals surface area contributed by atoms with Gasteiger partial charge in [0.25, 0.3) is 0 Å². The van der Waals surface area contributed by atoms with Crippen molar-refractivity contribution in [2.75, 3.05) is 33.0 Å². The number of carbonyl (C=O) groups is 1. The van der Waals surface area contributed by atoms with Crippen LogP contribution in [0.15, 0.2) is 53.4 Å². The average molecular weight is 624 g/mol.